The molecule has 0 saturated carbocycles. The first kappa shape index (κ1) is 11.9. The molecule has 4 nitrogen and oxygen atoms in total. The minimum Gasteiger partial charge on any atom is -0.485 e. The van der Waals surface area contributed by atoms with Crippen LogP contribution in [0.1, 0.15) is 39.3 Å². The van der Waals surface area contributed by atoms with Crippen LogP contribution >= 0.6 is 11.3 Å². The Morgan fingerprint density at radius 1 is 1.20 bits per heavy atom. The van der Waals surface area contributed by atoms with Crippen LogP contribution in [0, 0.1) is 0 Å². The number of ether oxygens (including phenoxy) is 2. The smallest absolute Gasteiger partial charge is 0.184 e. The fourth-order valence-corrected chi connectivity index (χ4v) is 3.66. The number of aryl methyl sites for hydroxylation is 1. The molecule has 1 aromatic heterocycles. The van der Waals surface area contributed by atoms with Gasteiger partial charge in [-0.3, -0.25) is 4.79 Å². The third kappa shape index (κ3) is 1.89. The van der Waals surface area contributed by atoms with Gasteiger partial charge in [0.2, 0.25) is 0 Å². The van der Waals surface area contributed by atoms with E-state index in [-0.39, 0.29) is 11.9 Å². The van der Waals surface area contributed by atoms with E-state index in [4.69, 9.17) is 9.47 Å². The molecule has 0 spiro atoms. The van der Waals surface area contributed by atoms with Crippen molar-refractivity contribution in [1.29, 1.82) is 0 Å². The molecule has 1 atom stereocenters. The fourth-order valence-electron chi connectivity index (χ4n) is 2.57. The minimum atomic E-state index is -0.215. The second-order valence-electron chi connectivity index (χ2n) is 4.97. The molecule has 4 rings (SSSR count). The highest BCUT2D eigenvalue weighted by molar-refractivity contribution is 7.14. The maximum atomic E-state index is 11.9. The monoisotopic (exact) mass is 287 g/mol. The summed E-state index contributed by atoms with van der Waals surface area (Å²) in [4.78, 5) is 17.3. The lowest BCUT2D eigenvalue weighted by atomic mass is 10.0. The molecule has 0 fully saturated rings. The Kier molecular flexibility index (Phi) is 2.73. The van der Waals surface area contributed by atoms with Crippen molar-refractivity contribution in [2.24, 2.45) is 0 Å². The van der Waals surface area contributed by atoms with Gasteiger partial charge in [-0.2, -0.15) is 0 Å². The van der Waals surface area contributed by atoms with Gasteiger partial charge in [0.1, 0.15) is 11.6 Å². The molecule has 1 aliphatic heterocycles. The van der Waals surface area contributed by atoms with Crippen molar-refractivity contribution in [2.45, 2.75) is 25.4 Å². The van der Waals surface area contributed by atoms with E-state index in [1.165, 1.54) is 11.3 Å². The lowest BCUT2D eigenvalue weighted by Gasteiger charge is -2.24. The van der Waals surface area contributed by atoms with Gasteiger partial charge in [-0.05, 0) is 25.0 Å². The number of aromatic nitrogens is 1. The number of hydrogen-bond donors (Lipinski definition) is 0. The Morgan fingerprint density at radius 3 is 2.90 bits per heavy atom. The number of carbonyl (C=O) groups excluding carboxylic acids is 1. The summed E-state index contributed by atoms with van der Waals surface area (Å²) in [5, 5.41) is 0.847. The predicted octanol–water partition coefficient (Wildman–Crippen LogP) is 3.17. The van der Waals surface area contributed by atoms with E-state index in [0.29, 0.717) is 13.0 Å². The minimum absolute atomic E-state index is 0.215. The van der Waals surface area contributed by atoms with Crippen LogP contribution in [-0.2, 0) is 6.42 Å². The molecule has 5 heteroatoms. The van der Waals surface area contributed by atoms with Crippen LogP contribution in [0.15, 0.2) is 24.3 Å². The Hall–Kier alpha value is -1.88. The Morgan fingerprint density at radius 2 is 2.05 bits per heavy atom. The third-order valence-corrected chi connectivity index (χ3v) is 4.80. The van der Waals surface area contributed by atoms with Crippen LogP contribution in [0.2, 0.25) is 0 Å². The van der Waals surface area contributed by atoms with Gasteiger partial charge in [-0.15, -0.1) is 11.3 Å². The van der Waals surface area contributed by atoms with Crippen LogP contribution in [0.5, 0.6) is 11.5 Å². The summed E-state index contributed by atoms with van der Waals surface area (Å²) in [6, 6.07) is 7.62. The van der Waals surface area contributed by atoms with Crippen molar-refractivity contribution >= 4 is 17.1 Å². The van der Waals surface area contributed by atoms with E-state index in [1.807, 2.05) is 24.3 Å². The van der Waals surface area contributed by atoms with E-state index in [2.05, 4.69) is 4.98 Å². The van der Waals surface area contributed by atoms with Gasteiger partial charge in [-0.25, -0.2) is 4.98 Å². The Balaban J connectivity index is 1.65. The molecule has 2 heterocycles. The number of para-hydroxylation sites is 2. The standard InChI is InChI=1S/C15H13NO3S/c17-10-5-3-4-9-14(10)20-15(16-9)13-8-18-11-6-1-2-7-12(11)19-13/h1-2,6-7,13H,3-5,8H2. The molecule has 1 unspecified atom stereocenters. The van der Waals surface area contributed by atoms with E-state index in [9.17, 15) is 4.79 Å². The van der Waals surface area contributed by atoms with Gasteiger partial charge in [-0.1, -0.05) is 12.1 Å². The van der Waals surface area contributed by atoms with Crippen LogP contribution in [-0.4, -0.2) is 17.4 Å². The Labute approximate surface area is 120 Å². The number of hydrogen-bond acceptors (Lipinski definition) is 5. The lowest BCUT2D eigenvalue weighted by Crippen LogP contribution is -2.21. The van der Waals surface area contributed by atoms with Crippen LogP contribution in [0.25, 0.3) is 0 Å². The second kappa shape index (κ2) is 4.59. The summed E-state index contributed by atoms with van der Waals surface area (Å²) in [5.74, 6) is 1.72. The van der Waals surface area contributed by atoms with E-state index >= 15 is 0 Å². The van der Waals surface area contributed by atoms with E-state index < -0.39 is 0 Å². The molecule has 1 aliphatic carbocycles. The van der Waals surface area contributed by atoms with Gasteiger partial charge >= 0.3 is 0 Å². The normalized spacial score (nSPS) is 20.6. The van der Waals surface area contributed by atoms with Crippen molar-refractivity contribution in [3.05, 3.63) is 39.8 Å². The highest BCUT2D eigenvalue weighted by atomic mass is 32.1. The number of nitrogens with zero attached hydrogens (tertiary/aromatic N) is 1. The quantitative estimate of drug-likeness (QED) is 0.808. The molecular formula is C15H13NO3S. The molecule has 1 aromatic carbocycles. The van der Waals surface area contributed by atoms with Gasteiger partial charge in [0.25, 0.3) is 0 Å². The zero-order valence-electron chi connectivity index (χ0n) is 10.8. The fraction of sp³-hybridized carbons (Fsp3) is 0.333. The Bertz CT molecular complexity index is 680. The largest absolute Gasteiger partial charge is 0.485 e. The molecular weight excluding hydrogens is 274 g/mol. The molecule has 0 amide bonds. The first-order valence-electron chi connectivity index (χ1n) is 6.72. The summed E-state index contributed by atoms with van der Waals surface area (Å²) in [6.45, 7) is 0.442. The summed E-state index contributed by atoms with van der Waals surface area (Å²) in [6.07, 6.45) is 2.22. The SMILES string of the molecule is O=C1CCCc2nc(C3COc4ccccc4O3)sc21. The van der Waals surface area contributed by atoms with E-state index in [0.717, 1.165) is 39.9 Å². The molecule has 0 saturated heterocycles. The number of rotatable bonds is 1. The van der Waals surface area contributed by atoms with Gasteiger partial charge in [0.15, 0.2) is 23.4 Å². The second-order valence-corrected chi connectivity index (χ2v) is 6.00. The zero-order chi connectivity index (χ0) is 13.5. The van der Waals surface area contributed by atoms with Crippen molar-refractivity contribution in [1.82, 2.24) is 4.98 Å². The van der Waals surface area contributed by atoms with Crippen molar-refractivity contribution in [3.8, 4) is 11.5 Å². The number of benzene rings is 1. The molecule has 0 radical (unpaired) electrons. The summed E-state index contributed by atoms with van der Waals surface area (Å²) < 4.78 is 11.6. The molecule has 20 heavy (non-hydrogen) atoms. The van der Waals surface area contributed by atoms with Crippen molar-refractivity contribution < 1.29 is 14.3 Å². The van der Waals surface area contributed by atoms with Gasteiger partial charge in [0, 0.05) is 6.42 Å². The van der Waals surface area contributed by atoms with E-state index in [1.54, 1.807) is 0 Å². The maximum absolute atomic E-state index is 11.9. The topological polar surface area (TPSA) is 48.4 Å². The molecule has 2 aromatic rings. The van der Waals surface area contributed by atoms with Crippen LogP contribution in [0.4, 0.5) is 0 Å². The summed E-state index contributed by atoms with van der Waals surface area (Å²) in [7, 11) is 0. The number of carbonyl (C=O) groups is 1. The highest BCUT2D eigenvalue weighted by Gasteiger charge is 2.29. The number of Topliss-reactive ketones (excluding diaryl/α,β-unsaturated/α-hetero) is 1. The van der Waals surface area contributed by atoms with Crippen molar-refractivity contribution in [2.75, 3.05) is 6.61 Å². The number of thiazole rings is 1. The average molecular weight is 287 g/mol. The first-order valence-corrected chi connectivity index (χ1v) is 7.54. The first-order chi connectivity index (χ1) is 9.81. The van der Waals surface area contributed by atoms with Gasteiger partial charge < -0.3 is 9.47 Å². The van der Waals surface area contributed by atoms with Crippen LogP contribution < -0.4 is 9.47 Å². The average Bonchev–Trinajstić information content (AvgIpc) is 2.92. The van der Waals surface area contributed by atoms with Gasteiger partial charge in [0.05, 0.1) is 10.6 Å². The number of ketones is 1. The van der Waals surface area contributed by atoms with Crippen molar-refractivity contribution in [3.63, 3.8) is 0 Å². The lowest BCUT2D eigenvalue weighted by molar-refractivity contribution is 0.0909. The zero-order valence-corrected chi connectivity index (χ0v) is 11.6. The third-order valence-electron chi connectivity index (χ3n) is 3.57. The summed E-state index contributed by atoms with van der Waals surface area (Å²) in [5.41, 5.74) is 0.934. The summed E-state index contributed by atoms with van der Waals surface area (Å²) >= 11 is 1.46. The number of fused-ring (bicyclic) bond motifs is 2. The molecule has 102 valence electrons. The molecule has 0 bridgehead atoms. The maximum Gasteiger partial charge on any atom is 0.184 e. The highest BCUT2D eigenvalue weighted by Crippen LogP contribution is 2.38. The molecule has 2 aliphatic rings. The predicted molar refractivity (Wildman–Crippen MR) is 74.7 cm³/mol. The van der Waals surface area contributed by atoms with Crippen LogP contribution in [0.3, 0.4) is 0 Å². The molecule has 0 N–H and O–H groups in total.